The highest BCUT2D eigenvalue weighted by Crippen LogP contribution is 2.43. The average molecular weight is 447 g/mol. The second-order valence-electron chi connectivity index (χ2n) is 10.1. The number of imidazole rings is 1. The van der Waals surface area contributed by atoms with Crippen LogP contribution in [0.2, 0.25) is 0 Å². The van der Waals surface area contributed by atoms with Crippen molar-refractivity contribution in [3.05, 3.63) is 35.7 Å². The number of morpholine rings is 1. The number of halogens is 1. The van der Waals surface area contributed by atoms with Crippen LogP contribution < -0.4 is 5.32 Å². The summed E-state index contributed by atoms with van der Waals surface area (Å²) in [4.78, 5) is 31.7. The molecule has 2 aromatic rings. The Kier molecular flexibility index (Phi) is 5.65. The van der Waals surface area contributed by atoms with Crippen molar-refractivity contribution < 1.29 is 23.5 Å². The molecule has 1 saturated carbocycles. The third-order valence-corrected chi connectivity index (χ3v) is 5.61. The Labute approximate surface area is 187 Å². The van der Waals surface area contributed by atoms with Crippen LogP contribution in [-0.4, -0.2) is 57.7 Å². The number of aromatic nitrogens is 2. The molecule has 2 amide bonds. The lowest BCUT2D eigenvalue weighted by molar-refractivity contribution is -0.139. The summed E-state index contributed by atoms with van der Waals surface area (Å²) in [5.41, 5.74) is -0.299. The number of nitrogens with zero attached hydrogens (tertiary/aromatic N) is 3. The van der Waals surface area contributed by atoms with Gasteiger partial charge in [-0.1, -0.05) is 0 Å². The van der Waals surface area contributed by atoms with Gasteiger partial charge in [0, 0.05) is 18.7 Å². The van der Waals surface area contributed by atoms with Crippen molar-refractivity contribution in [3.63, 3.8) is 0 Å². The zero-order valence-corrected chi connectivity index (χ0v) is 19.3. The number of nitrogens with one attached hydrogen (secondary N) is 1. The van der Waals surface area contributed by atoms with Crippen molar-refractivity contribution in [2.24, 2.45) is 0 Å². The number of fused-ring (bicyclic) bond motifs is 1. The standard InChI is InChI=1S/C23H31FN4O4/c1-22(2,3)32-21(30)27-11-12-31-16(13-27)19(29)26-23(4,5)20-25-17(14-8-9-14)18-15(24)7-6-10-28(18)20/h6-7,10,14,16H,8-9,11-13H2,1-5H3,(H,26,29)/t16-/m0/s1. The van der Waals surface area contributed by atoms with Crippen LogP contribution in [0.15, 0.2) is 18.3 Å². The van der Waals surface area contributed by atoms with Crippen LogP contribution >= 0.6 is 0 Å². The average Bonchev–Trinajstić information content (AvgIpc) is 3.46. The van der Waals surface area contributed by atoms with Gasteiger partial charge in [0.05, 0.1) is 24.4 Å². The number of carbonyl (C=O) groups excluding carboxylic acids is 2. The van der Waals surface area contributed by atoms with Crippen molar-refractivity contribution in [2.75, 3.05) is 19.7 Å². The Balaban J connectivity index is 1.52. The van der Waals surface area contributed by atoms with Gasteiger partial charge in [-0.25, -0.2) is 14.2 Å². The summed E-state index contributed by atoms with van der Waals surface area (Å²) in [6.07, 6.45) is 2.44. The molecule has 3 heterocycles. The fourth-order valence-corrected chi connectivity index (χ4v) is 3.95. The molecule has 0 spiro atoms. The van der Waals surface area contributed by atoms with E-state index in [4.69, 9.17) is 14.5 Å². The molecule has 1 atom stereocenters. The molecular weight excluding hydrogens is 415 g/mol. The van der Waals surface area contributed by atoms with Gasteiger partial charge in [0.15, 0.2) is 6.10 Å². The van der Waals surface area contributed by atoms with E-state index in [1.165, 1.54) is 11.0 Å². The number of hydrogen-bond donors (Lipinski definition) is 1. The fourth-order valence-electron chi connectivity index (χ4n) is 3.95. The fraction of sp³-hybridized carbons (Fsp3) is 0.609. The van der Waals surface area contributed by atoms with Crippen molar-refractivity contribution >= 4 is 17.5 Å². The van der Waals surface area contributed by atoms with Crippen LogP contribution in [-0.2, 0) is 19.8 Å². The molecule has 2 aliphatic rings. The van der Waals surface area contributed by atoms with Crippen LogP contribution in [0.1, 0.15) is 64.9 Å². The minimum absolute atomic E-state index is 0.0983. The van der Waals surface area contributed by atoms with E-state index in [1.807, 2.05) is 13.8 Å². The molecule has 2 fully saturated rings. The normalized spacial score (nSPS) is 19.8. The molecule has 1 saturated heterocycles. The summed E-state index contributed by atoms with van der Waals surface area (Å²) in [6, 6.07) is 3.06. The third-order valence-electron chi connectivity index (χ3n) is 5.61. The summed E-state index contributed by atoms with van der Waals surface area (Å²) in [6.45, 7) is 9.74. The molecular formula is C23H31FN4O4. The molecule has 1 aliphatic heterocycles. The van der Waals surface area contributed by atoms with Crippen LogP contribution in [0.4, 0.5) is 9.18 Å². The molecule has 174 valence electrons. The second kappa shape index (κ2) is 8.03. The predicted octanol–water partition coefficient (Wildman–Crippen LogP) is 3.34. The summed E-state index contributed by atoms with van der Waals surface area (Å²) in [5, 5.41) is 2.99. The van der Waals surface area contributed by atoms with Crippen molar-refractivity contribution in [2.45, 2.75) is 70.6 Å². The molecule has 2 aromatic heterocycles. The maximum Gasteiger partial charge on any atom is 0.410 e. The molecule has 32 heavy (non-hydrogen) atoms. The Hall–Kier alpha value is -2.68. The van der Waals surface area contributed by atoms with E-state index in [-0.39, 0.29) is 30.8 Å². The number of hydrogen-bond acceptors (Lipinski definition) is 5. The predicted molar refractivity (Wildman–Crippen MR) is 116 cm³/mol. The van der Waals surface area contributed by atoms with Crippen molar-refractivity contribution in [1.82, 2.24) is 19.6 Å². The molecule has 4 rings (SSSR count). The minimum atomic E-state index is -0.890. The van der Waals surface area contributed by atoms with Crippen LogP contribution in [0.5, 0.6) is 0 Å². The van der Waals surface area contributed by atoms with Crippen molar-refractivity contribution in [1.29, 1.82) is 0 Å². The quantitative estimate of drug-likeness (QED) is 0.779. The molecule has 8 nitrogen and oxygen atoms in total. The van der Waals surface area contributed by atoms with Crippen molar-refractivity contribution in [3.8, 4) is 0 Å². The van der Waals surface area contributed by atoms with Crippen LogP contribution in [0, 0.1) is 5.82 Å². The SMILES string of the molecule is CC(C)(C)OC(=O)N1CCO[C@H](C(=O)NC(C)(C)c2nc(C3CC3)c3c(F)cccn23)C1. The van der Waals surface area contributed by atoms with Gasteiger partial charge in [-0.2, -0.15) is 0 Å². The van der Waals surface area contributed by atoms with Crippen LogP contribution in [0.25, 0.3) is 5.52 Å². The van der Waals surface area contributed by atoms with Gasteiger partial charge >= 0.3 is 6.09 Å². The Morgan fingerprint density at radius 1 is 1.25 bits per heavy atom. The monoisotopic (exact) mass is 446 g/mol. The van der Waals surface area contributed by atoms with E-state index < -0.39 is 23.3 Å². The van der Waals surface area contributed by atoms with Gasteiger partial charge in [-0.15, -0.1) is 0 Å². The Morgan fingerprint density at radius 3 is 2.62 bits per heavy atom. The molecule has 0 bridgehead atoms. The number of amides is 2. The molecule has 0 aromatic carbocycles. The van der Waals surface area contributed by atoms with E-state index in [0.29, 0.717) is 17.9 Å². The first-order chi connectivity index (χ1) is 15.0. The number of rotatable bonds is 4. The number of carbonyl (C=O) groups is 2. The van der Waals surface area contributed by atoms with Gasteiger partial charge in [0.2, 0.25) is 0 Å². The smallest absolute Gasteiger partial charge is 0.410 e. The highest BCUT2D eigenvalue weighted by atomic mass is 19.1. The van der Waals surface area contributed by atoms with Gasteiger partial charge in [-0.05, 0) is 59.6 Å². The molecule has 9 heteroatoms. The summed E-state index contributed by atoms with van der Waals surface area (Å²) in [7, 11) is 0. The maximum atomic E-state index is 14.6. The summed E-state index contributed by atoms with van der Waals surface area (Å²) < 4.78 is 27.4. The maximum absolute atomic E-state index is 14.6. The summed E-state index contributed by atoms with van der Waals surface area (Å²) >= 11 is 0. The van der Waals surface area contributed by atoms with Crippen LogP contribution in [0.3, 0.4) is 0 Å². The lowest BCUT2D eigenvalue weighted by Gasteiger charge is -2.35. The summed E-state index contributed by atoms with van der Waals surface area (Å²) in [5.74, 6) is 0.136. The topological polar surface area (TPSA) is 85.2 Å². The van der Waals surface area contributed by atoms with E-state index in [1.54, 1.807) is 37.4 Å². The molecule has 1 N–H and O–H groups in total. The lowest BCUT2D eigenvalue weighted by Crippen LogP contribution is -2.55. The highest BCUT2D eigenvalue weighted by molar-refractivity contribution is 5.83. The molecule has 0 radical (unpaired) electrons. The van der Waals surface area contributed by atoms with Gasteiger partial charge in [0.1, 0.15) is 22.8 Å². The Bertz CT molecular complexity index is 1040. The second-order valence-corrected chi connectivity index (χ2v) is 10.1. The first-order valence-electron chi connectivity index (χ1n) is 11.0. The number of pyridine rings is 1. The lowest BCUT2D eigenvalue weighted by atomic mass is 10.0. The van der Waals surface area contributed by atoms with E-state index in [0.717, 1.165) is 18.5 Å². The number of ether oxygens (including phenoxy) is 2. The highest BCUT2D eigenvalue weighted by Gasteiger charge is 2.38. The largest absolute Gasteiger partial charge is 0.444 e. The van der Waals surface area contributed by atoms with E-state index in [9.17, 15) is 14.0 Å². The first-order valence-corrected chi connectivity index (χ1v) is 11.0. The third kappa shape index (κ3) is 4.57. The Morgan fingerprint density at radius 2 is 1.97 bits per heavy atom. The minimum Gasteiger partial charge on any atom is -0.444 e. The van der Waals surface area contributed by atoms with Gasteiger partial charge in [-0.3, -0.25) is 9.20 Å². The zero-order chi connectivity index (χ0) is 23.3. The van der Waals surface area contributed by atoms with Gasteiger partial charge in [0.25, 0.3) is 5.91 Å². The van der Waals surface area contributed by atoms with E-state index >= 15 is 0 Å². The van der Waals surface area contributed by atoms with E-state index in [2.05, 4.69) is 5.32 Å². The zero-order valence-electron chi connectivity index (χ0n) is 19.3. The molecule has 0 unspecified atom stereocenters. The molecule has 1 aliphatic carbocycles. The first kappa shape index (κ1) is 22.5. The van der Waals surface area contributed by atoms with Gasteiger partial charge < -0.3 is 19.7 Å².